The minimum absolute atomic E-state index is 0.00305. The third-order valence-corrected chi connectivity index (χ3v) is 3.71. The van der Waals surface area contributed by atoms with E-state index in [1.807, 2.05) is 0 Å². The van der Waals surface area contributed by atoms with E-state index in [1.165, 1.54) is 9.80 Å². The molecule has 0 N–H and O–H groups in total. The van der Waals surface area contributed by atoms with Crippen molar-refractivity contribution in [1.82, 2.24) is 9.80 Å². The molecule has 1 aromatic rings. The summed E-state index contributed by atoms with van der Waals surface area (Å²) in [4.78, 5) is 26.4. The van der Waals surface area contributed by atoms with Crippen molar-refractivity contribution >= 4 is 21.7 Å². The summed E-state index contributed by atoms with van der Waals surface area (Å²) in [5, 5.41) is 0. The van der Waals surface area contributed by atoms with Gasteiger partial charge in [-0.1, -0.05) is 12.1 Å². The molecule has 0 radical (unpaired) electrons. The van der Waals surface area contributed by atoms with E-state index in [4.69, 9.17) is 0 Å². The lowest BCUT2D eigenvalue weighted by Gasteiger charge is -2.19. The SMILES string of the molecule is CN(C)C(=O)CN(C)C(=O)c1ccc(CS(C)(=O)=O)cc1. The molecule has 0 atom stereocenters. The molecule has 116 valence electrons. The van der Waals surface area contributed by atoms with Gasteiger partial charge in [-0.3, -0.25) is 9.59 Å². The topological polar surface area (TPSA) is 74.8 Å². The van der Waals surface area contributed by atoms with E-state index in [2.05, 4.69) is 0 Å². The summed E-state index contributed by atoms with van der Waals surface area (Å²) in [6.45, 7) is -0.00305. The smallest absolute Gasteiger partial charge is 0.254 e. The van der Waals surface area contributed by atoms with Gasteiger partial charge >= 0.3 is 0 Å². The van der Waals surface area contributed by atoms with Crippen LogP contribution in [0.15, 0.2) is 24.3 Å². The summed E-state index contributed by atoms with van der Waals surface area (Å²) in [5.74, 6) is -0.508. The number of hydrogen-bond donors (Lipinski definition) is 0. The van der Waals surface area contributed by atoms with Crippen molar-refractivity contribution in [3.8, 4) is 0 Å². The minimum atomic E-state index is -3.10. The fraction of sp³-hybridized carbons (Fsp3) is 0.429. The molecular formula is C14H20N2O4S. The molecule has 0 aliphatic heterocycles. The normalized spacial score (nSPS) is 11.0. The second-order valence-electron chi connectivity index (χ2n) is 5.22. The van der Waals surface area contributed by atoms with Gasteiger partial charge in [0.2, 0.25) is 5.91 Å². The molecule has 0 saturated heterocycles. The van der Waals surface area contributed by atoms with E-state index in [0.717, 1.165) is 6.26 Å². The Hall–Kier alpha value is -1.89. The first-order valence-corrected chi connectivity index (χ1v) is 8.38. The van der Waals surface area contributed by atoms with Crippen molar-refractivity contribution in [1.29, 1.82) is 0 Å². The predicted molar refractivity (Wildman–Crippen MR) is 80.6 cm³/mol. The van der Waals surface area contributed by atoms with E-state index >= 15 is 0 Å². The van der Waals surface area contributed by atoms with Gasteiger partial charge < -0.3 is 9.80 Å². The average Bonchev–Trinajstić information content (AvgIpc) is 2.36. The molecule has 6 nitrogen and oxygen atoms in total. The Kier molecular flexibility index (Phi) is 5.48. The molecule has 0 unspecified atom stereocenters. The first-order chi connectivity index (χ1) is 9.60. The Morgan fingerprint density at radius 3 is 2.00 bits per heavy atom. The van der Waals surface area contributed by atoms with E-state index in [-0.39, 0.29) is 24.1 Å². The van der Waals surface area contributed by atoms with Gasteiger partial charge in [0.1, 0.15) is 0 Å². The molecule has 0 aromatic heterocycles. The van der Waals surface area contributed by atoms with Crippen LogP contribution >= 0.6 is 0 Å². The number of benzene rings is 1. The molecular weight excluding hydrogens is 292 g/mol. The van der Waals surface area contributed by atoms with Crippen molar-refractivity contribution in [3.63, 3.8) is 0 Å². The fourth-order valence-corrected chi connectivity index (χ4v) is 2.48. The monoisotopic (exact) mass is 312 g/mol. The second kappa shape index (κ2) is 6.71. The molecule has 21 heavy (non-hydrogen) atoms. The zero-order valence-electron chi connectivity index (χ0n) is 12.7. The molecule has 7 heteroatoms. The number of nitrogens with zero attached hydrogens (tertiary/aromatic N) is 2. The zero-order chi connectivity index (χ0) is 16.2. The van der Waals surface area contributed by atoms with Crippen LogP contribution in [0, 0.1) is 0 Å². The predicted octanol–water partition coefficient (Wildman–Crippen LogP) is 0.391. The number of amides is 2. The van der Waals surface area contributed by atoms with Crippen LogP contribution in [0.25, 0.3) is 0 Å². The highest BCUT2D eigenvalue weighted by Crippen LogP contribution is 2.09. The molecule has 0 saturated carbocycles. The molecule has 0 aliphatic rings. The van der Waals surface area contributed by atoms with Crippen molar-refractivity contribution in [2.75, 3.05) is 33.9 Å². The number of sulfone groups is 1. The molecule has 0 aliphatic carbocycles. The van der Waals surface area contributed by atoms with E-state index in [0.29, 0.717) is 11.1 Å². The highest BCUT2D eigenvalue weighted by molar-refractivity contribution is 7.89. The number of carbonyl (C=O) groups is 2. The number of carbonyl (C=O) groups excluding carboxylic acids is 2. The fourth-order valence-electron chi connectivity index (χ4n) is 1.68. The molecule has 2 amide bonds. The highest BCUT2D eigenvalue weighted by Gasteiger charge is 2.16. The molecule has 1 rings (SSSR count). The summed E-state index contributed by atoms with van der Waals surface area (Å²) in [7, 11) is 1.70. The van der Waals surface area contributed by atoms with Crippen LogP contribution in [0.1, 0.15) is 15.9 Å². The quantitative estimate of drug-likeness (QED) is 0.788. The molecule has 0 bridgehead atoms. The van der Waals surface area contributed by atoms with Crippen LogP contribution in [0.3, 0.4) is 0 Å². The van der Waals surface area contributed by atoms with E-state index in [9.17, 15) is 18.0 Å². The van der Waals surface area contributed by atoms with E-state index in [1.54, 1.807) is 45.4 Å². The van der Waals surface area contributed by atoms with Gasteiger partial charge in [0.15, 0.2) is 9.84 Å². The maximum atomic E-state index is 12.1. The van der Waals surface area contributed by atoms with Crippen LogP contribution in [0.5, 0.6) is 0 Å². The third-order valence-electron chi connectivity index (χ3n) is 2.85. The van der Waals surface area contributed by atoms with Crippen LogP contribution in [-0.4, -0.2) is 64.0 Å². The highest BCUT2D eigenvalue weighted by atomic mass is 32.2. The average molecular weight is 312 g/mol. The largest absolute Gasteiger partial charge is 0.347 e. The van der Waals surface area contributed by atoms with Crippen LogP contribution in [0.4, 0.5) is 0 Å². The number of hydrogen-bond acceptors (Lipinski definition) is 4. The van der Waals surface area contributed by atoms with Crippen LogP contribution in [-0.2, 0) is 20.4 Å². The van der Waals surface area contributed by atoms with Crippen molar-refractivity contribution < 1.29 is 18.0 Å². The Balaban J connectivity index is 2.77. The zero-order valence-corrected chi connectivity index (χ0v) is 13.5. The number of rotatable bonds is 5. The lowest BCUT2D eigenvalue weighted by Crippen LogP contribution is -2.37. The van der Waals surface area contributed by atoms with Gasteiger partial charge in [-0.2, -0.15) is 0 Å². The van der Waals surface area contributed by atoms with Crippen LogP contribution < -0.4 is 0 Å². The summed E-state index contributed by atoms with van der Waals surface area (Å²) in [5.41, 5.74) is 1.04. The maximum absolute atomic E-state index is 12.1. The van der Waals surface area contributed by atoms with Gasteiger partial charge in [0.25, 0.3) is 5.91 Å². The van der Waals surface area contributed by atoms with Crippen LogP contribution in [0.2, 0.25) is 0 Å². The summed E-state index contributed by atoms with van der Waals surface area (Å²) < 4.78 is 22.4. The Labute approximate surface area is 125 Å². The Morgan fingerprint density at radius 1 is 1.05 bits per heavy atom. The Morgan fingerprint density at radius 2 is 1.57 bits per heavy atom. The van der Waals surface area contributed by atoms with Gasteiger partial charge in [-0.05, 0) is 17.7 Å². The summed E-state index contributed by atoms with van der Waals surface area (Å²) >= 11 is 0. The van der Waals surface area contributed by atoms with Gasteiger partial charge in [-0.25, -0.2) is 8.42 Å². The van der Waals surface area contributed by atoms with Gasteiger partial charge in [-0.15, -0.1) is 0 Å². The first kappa shape index (κ1) is 17.2. The first-order valence-electron chi connectivity index (χ1n) is 6.32. The standard InChI is InChI=1S/C14H20N2O4S/c1-15(2)13(17)9-16(3)14(18)12-7-5-11(6-8-12)10-21(4,19)20/h5-8H,9-10H2,1-4H3. The molecule has 0 fully saturated rings. The maximum Gasteiger partial charge on any atom is 0.254 e. The Bertz CT molecular complexity index is 621. The molecule has 0 spiro atoms. The van der Waals surface area contributed by atoms with Gasteiger partial charge in [0.05, 0.1) is 12.3 Å². The number of likely N-dealkylation sites (N-methyl/N-ethyl adjacent to an activating group) is 2. The van der Waals surface area contributed by atoms with Crippen molar-refractivity contribution in [2.45, 2.75) is 5.75 Å². The minimum Gasteiger partial charge on any atom is -0.347 e. The molecule has 1 aromatic carbocycles. The second-order valence-corrected chi connectivity index (χ2v) is 7.36. The summed E-state index contributed by atoms with van der Waals surface area (Å²) in [6, 6.07) is 6.35. The van der Waals surface area contributed by atoms with Crippen molar-refractivity contribution in [3.05, 3.63) is 35.4 Å². The van der Waals surface area contributed by atoms with E-state index < -0.39 is 9.84 Å². The molecule has 0 heterocycles. The summed E-state index contributed by atoms with van der Waals surface area (Å²) in [6.07, 6.45) is 1.16. The lowest BCUT2D eigenvalue weighted by molar-refractivity contribution is -0.129. The van der Waals surface area contributed by atoms with Gasteiger partial charge in [0, 0.05) is 33.0 Å². The lowest BCUT2D eigenvalue weighted by atomic mass is 10.1. The van der Waals surface area contributed by atoms with Crippen molar-refractivity contribution in [2.24, 2.45) is 0 Å². The third kappa shape index (κ3) is 5.55.